The average Bonchev–Trinajstić information content (AvgIpc) is 3.33. The highest BCUT2D eigenvalue weighted by atomic mass is 19.4. The summed E-state index contributed by atoms with van der Waals surface area (Å²) in [7, 11) is 0. The molecule has 2 aliphatic heterocycles. The molecule has 2 atom stereocenters. The van der Waals surface area contributed by atoms with Crippen LogP contribution in [0.25, 0.3) is 0 Å². The summed E-state index contributed by atoms with van der Waals surface area (Å²) in [4.78, 5) is 47.9. The molecule has 1 amide bonds. The van der Waals surface area contributed by atoms with Crippen molar-refractivity contribution < 1.29 is 50.9 Å². The van der Waals surface area contributed by atoms with Crippen LogP contribution in [0.15, 0.2) is 30.6 Å². The maximum absolute atomic E-state index is 12.5. The number of anilines is 1. The second kappa shape index (κ2) is 12.0. The second-order valence-electron chi connectivity index (χ2n) is 8.28. The lowest BCUT2D eigenvalue weighted by atomic mass is 10.1. The summed E-state index contributed by atoms with van der Waals surface area (Å²) in [6, 6.07) is 6.36. The number of hydrogen-bond donors (Lipinski definition) is 2. The Morgan fingerprint density at radius 3 is 1.97 bits per heavy atom. The molecule has 0 spiro atoms. The van der Waals surface area contributed by atoms with Gasteiger partial charge in [0.25, 0.3) is 0 Å². The van der Waals surface area contributed by atoms with Crippen molar-refractivity contribution in [1.82, 2.24) is 19.9 Å². The Kier molecular flexibility index (Phi) is 9.59. The minimum absolute atomic E-state index is 0.171. The summed E-state index contributed by atoms with van der Waals surface area (Å²) >= 11 is 0. The number of pyridine rings is 1. The van der Waals surface area contributed by atoms with E-state index in [9.17, 15) is 31.1 Å². The van der Waals surface area contributed by atoms with E-state index in [-0.39, 0.29) is 18.0 Å². The zero-order valence-corrected chi connectivity index (χ0v) is 20.0. The van der Waals surface area contributed by atoms with Crippen molar-refractivity contribution in [3.8, 4) is 0 Å². The Morgan fingerprint density at radius 1 is 0.974 bits per heavy atom. The van der Waals surface area contributed by atoms with E-state index in [1.165, 1.54) is 0 Å². The van der Waals surface area contributed by atoms with Crippen molar-refractivity contribution in [2.24, 2.45) is 0 Å². The molecule has 10 nitrogen and oxygen atoms in total. The van der Waals surface area contributed by atoms with Gasteiger partial charge < -0.3 is 20.0 Å². The topological polar surface area (TPSA) is 137 Å². The monoisotopic (exact) mass is 551 g/mol. The number of amides is 1. The molecular weight excluding hydrogens is 528 g/mol. The van der Waals surface area contributed by atoms with Crippen LogP contribution in [0, 0.1) is 13.8 Å². The van der Waals surface area contributed by atoms with Crippen LogP contribution >= 0.6 is 0 Å². The number of hydrogen-bond acceptors (Lipinski definition) is 7. The van der Waals surface area contributed by atoms with Gasteiger partial charge in [0.15, 0.2) is 0 Å². The Bertz CT molecular complexity index is 1120. The smallest absolute Gasteiger partial charge is 0.475 e. The Hall–Kier alpha value is -3.98. The van der Waals surface area contributed by atoms with Crippen LogP contribution in [0.1, 0.15) is 29.8 Å². The molecule has 2 fully saturated rings. The number of alkyl halides is 6. The van der Waals surface area contributed by atoms with Gasteiger partial charge in [-0.1, -0.05) is 6.07 Å². The number of carboxylic acid groups (broad SMARTS) is 2. The molecule has 0 radical (unpaired) electrons. The van der Waals surface area contributed by atoms with Gasteiger partial charge in [-0.05, 0) is 38.0 Å². The van der Waals surface area contributed by atoms with Crippen molar-refractivity contribution in [2.75, 3.05) is 11.4 Å². The van der Waals surface area contributed by atoms with Gasteiger partial charge in [0.1, 0.15) is 0 Å². The van der Waals surface area contributed by atoms with Crippen molar-refractivity contribution in [3.63, 3.8) is 0 Å². The van der Waals surface area contributed by atoms with Crippen molar-refractivity contribution in [3.05, 3.63) is 47.5 Å². The van der Waals surface area contributed by atoms with Gasteiger partial charge >= 0.3 is 24.3 Å². The van der Waals surface area contributed by atoms with E-state index in [1.807, 2.05) is 49.3 Å². The highest BCUT2D eigenvalue weighted by Gasteiger charge is 2.47. The van der Waals surface area contributed by atoms with E-state index in [1.54, 1.807) is 0 Å². The molecule has 2 aromatic rings. The number of likely N-dealkylation sites (tertiary alicyclic amines) is 1. The van der Waals surface area contributed by atoms with Crippen LogP contribution in [0.3, 0.4) is 0 Å². The third kappa shape index (κ3) is 8.27. The molecule has 38 heavy (non-hydrogen) atoms. The fourth-order valence-electron chi connectivity index (χ4n) is 3.78. The predicted molar refractivity (Wildman–Crippen MR) is 118 cm³/mol. The largest absolute Gasteiger partial charge is 0.490 e. The normalized spacial score (nSPS) is 18.7. The van der Waals surface area contributed by atoms with Crippen LogP contribution < -0.4 is 4.90 Å². The van der Waals surface area contributed by atoms with E-state index < -0.39 is 24.3 Å². The molecule has 2 aromatic heterocycles. The summed E-state index contributed by atoms with van der Waals surface area (Å²) in [5.41, 5.74) is 2.98. The number of fused-ring (bicyclic) bond motifs is 1. The Morgan fingerprint density at radius 2 is 1.50 bits per heavy atom. The molecule has 2 saturated heterocycles. The first-order valence-electron chi connectivity index (χ1n) is 10.9. The maximum Gasteiger partial charge on any atom is 0.490 e. The molecule has 4 rings (SSSR count). The van der Waals surface area contributed by atoms with E-state index in [4.69, 9.17) is 19.8 Å². The number of aryl methyl sites for hydroxylation is 2. The first kappa shape index (κ1) is 30.2. The van der Waals surface area contributed by atoms with Gasteiger partial charge in [0.05, 0.1) is 24.3 Å². The molecule has 0 aliphatic carbocycles. The van der Waals surface area contributed by atoms with Crippen molar-refractivity contribution >= 4 is 23.8 Å². The van der Waals surface area contributed by atoms with Gasteiger partial charge in [-0.3, -0.25) is 9.78 Å². The highest BCUT2D eigenvalue weighted by molar-refractivity contribution is 5.81. The SMILES string of the molecule is Cc1cnc(N2CC[C@H]3[C@H]2CC(=O)N3Cc2cccc(C)n2)nc1.O=C(O)C(F)(F)F.O=C(O)C(F)(F)F. The summed E-state index contributed by atoms with van der Waals surface area (Å²) in [5.74, 6) is -4.58. The summed E-state index contributed by atoms with van der Waals surface area (Å²) in [5, 5.41) is 14.2. The molecule has 0 saturated carbocycles. The third-order valence-electron chi connectivity index (χ3n) is 5.40. The number of carbonyl (C=O) groups excluding carboxylic acids is 1. The van der Waals surface area contributed by atoms with Gasteiger partial charge in [-0.25, -0.2) is 19.6 Å². The number of halogens is 6. The molecule has 2 aliphatic rings. The van der Waals surface area contributed by atoms with Crippen LogP contribution in [-0.4, -0.2) is 78.9 Å². The minimum Gasteiger partial charge on any atom is -0.475 e. The standard InChI is InChI=1S/C18H21N5O.2C2HF3O2/c1-12-9-19-18(20-10-12)22-7-6-15-16(22)8-17(24)23(15)11-14-5-3-4-13(2)21-14;2*3-2(4,5)1(6)7/h3-5,9-10,15-16H,6-8,11H2,1-2H3;2*(H,6,7)/t15-,16+;;/m0../s1. The van der Waals surface area contributed by atoms with Crippen LogP contribution in [0.4, 0.5) is 32.3 Å². The summed E-state index contributed by atoms with van der Waals surface area (Å²) in [6.07, 6.45) is -5.01. The number of aliphatic carboxylic acids is 2. The van der Waals surface area contributed by atoms with Gasteiger partial charge in [0, 0.05) is 31.1 Å². The highest BCUT2D eigenvalue weighted by Crippen LogP contribution is 2.35. The molecule has 0 unspecified atom stereocenters. The van der Waals surface area contributed by atoms with E-state index in [0.717, 1.165) is 35.9 Å². The van der Waals surface area contributed by atoms with E-state index in [2.05, 4.69) is 19.9 Å². The molecular formula is C22H23F6N5O5. The molecule has 16 heteroatoms. The molecule has 0 bridgehead atoms. The molecule has 208 valence electrons. The average molecular weight is 551 g/mol. The number of aromatic nitrogens is 3. The van der Waals surface area contributed by atoms with Gasteiger partial charge in [0.2, 0.25) is 11.9 Å². The second-order valence-corrected chi connectivity index (χ2v) is 8.28. The number of rotatable bonds is 3. The molecule has 2 N–H and O–H groups in total. The lowest BCUT2D eigenvalue weighted by Gasteiger charge is -2.25. The molecule has 0 aromatic carbocycles. The maximum atomic E-state index is 12.5. The number of carboxylic acids is 2. The fourth-order valence-corrected chi connectivity index (χ4v) is 3.78. The van der Waals surface area contributed by atoms with Crippen LogP contribution in [-0.2, 0) is 20.9 Å². The van der Waals surface area contributed by atoms with Crippen molar-refractivity contribution in [1.29, 1.82) is 0 Å². The third-order valence-corrected chi connectivity index (χ3v) is 5.40. The van der Waals surface area contributed by atoms with Crippen molar-refractivity contribution in [2.45, 2.75) is 57.7 Å². The first-order valence-corrected chi connectivity index (χ1v) is 10.9. The fraction of sp³-hybridized carbons (Fsp3) is 0.455. The summed E-state index contributed by atoms with van der Waals surface area (Å²) in [6.45, 7) is 5.43. The quantitative estimate of drug-likeness (QED) is 0.552. The van der Waals surface area contributed by atoms with Crippen LogP contribution in [0.5, 0.6) is 0 Å². The zero-order chi connectivity index (χ0) is 28.8. The Labute approximate surface area is 211 Å². The number of nitrogens with zero attached hydrogens (tertiary/aromatic N) is 5. The lowest BCUT2D eigenvalue weighted by Crippen LogP contribution is -2.37. The van der Waals surface area contributed by atoms with E-state index in [0.29, 0.717) is 13.0 Å². The molecule has 4 heterocycles. The van der Waals surface area contributed by atoms with Crippen LogP contribution in [0.2, 0.25) is 0 Å². The summed E-state index contributed by atoms with van der Waals surface area (Å²) < 4.78 is 63.5. The zero-order valence-electron chi connectivity index (χ0n) is 20.0. The minimum atomic E-state index is -5.08. The van der Waals surface area contributed by atoms with E-state index >= 15 is 0 Å². The Balaban J connectivity index is 0.000000301. The predicted octanol–water partition coefficient (Wildman–Crippen LogP) is 3.13. The van der Waals surface area contributed by atoms with Gasteiger partial charge in [-0.2, -0.15) is 26.3 Å². The first-order chi connectivity index (χ1) is 17.5. The lowest BCUT2D eigenvalue weighted by molar-refractivity contribution is -0.193. The van der Waals surface area contributed by atoms with Gasteiger partial charge in [-0.15, -0.1) is 0 Å². The number of carbonyl (C=O) groups is 3.